The van der Waals surface area contributed by atoms with Crippen LogP contribution in [0.5, 0.6) is 0 Å². The maximum absolute atomic E-state index is 12.3. The molecular weight excluding hydrogens is 296 g/mol. The average molecular weight is 318 g/mol. The smallest absolute Gasteiger partial charge is 0.335 e. The Labute approximate surface area is 135 Å². The number of hydrogen-bond donors (Lipinski definition) is 2. The first-order valence-electron chi connectivity index (χ1n) is 7.80. The van der Waals surface area contributed by atoms with Crippen LogP contribution in [-0.4, -0.2) is 47.9 Å². The van der Waals surface area contributed by atoms with Gasteiger partial charge in [0.05, 0.1) is 12.0 Å². The fourth-order valence-corrected chi connectivity index (χ4v) is 2.85. The summed E-state index contributed by atoms with van der Waals surface area (Å²) in [7, 11) is 1.63. The number of piperidine rings is 1. The lowest BCUT2D eigenvalue weighted by Crippen LogP contribution is -2.40. The van der Waals surface area contributed by atoms with Crippen LogP contribution >= 0.6 is 0 Å². The van der Waals surface area contributed by atoms with E-state index in [-0.39, 0.29) is 23.8 Å². The van der Waals surface area contributed by atoms with Gasteiger partial charge in [-0.1, -0.05) is 12.1 Å². The first kappa shape index (κ1) is 17.0. The molecule has 0 atom stereocenters. The molecular formula is C17H22N2O4. The molecule has 0 aromatic heterocycles. The molecule has 1 aliphatic rings. The van der Waals surface area contributed by atoms with Gasteiger partial charge in [-0.05, 0) is 36.5 Å². The molecule has 0 saturated carbocycles. The number of hydrogen-bond acceptors (Lipinski definition) is 3. The summed E-state index contributed by atoms with van der Waals surface area (Å²) < 4.78 is 0. The zero-order chi connectivity index (χ0) is 16.8. The molecule has 0 radical (unpaired) electrons. The Balaban J connectivity index is 1.87. The van der Waals surface area contributed by atoms with Gasteiger partial charge < -0.3 is 15.3 Å². The summed E-state index contributed by atoms with van der Waals surface area (Å²) in [4.78, 5) is 36.5. The number of carboxylic acids is 1. The van der Waals surface area contributed by atoms with Gasteiger partial charge in [-0.2, -0.15) is 0 Å². The predicted molar refractivity (Wildman–Crippen MR) is 85.1 cm³/mol. The minimum atomic E-state index is -0.991. The second kappa shape index (κ2) is 7.76. The number of carbonyl (C=O) groups excluding carboxylic acids is 2. The van der Waals surface area contributed by atoms with E-state index >= 15 is 0 Å². The molecule has 23 heavy (non-hydrogen) atoms. The van der Waals surface area contributed by atoms with E-state index in [1.165, 1.54) is 6.07 Å². The first-order chi connectivity index (χ1) is 11.0. The Hall–Kier alpha value is -2.37. The second-order valence-electron chi connectivity index (χ2n) is 5.88. The average Bonchev–Trinajstić information content (AvgIpc) is 2.55. The highest BCUT2D eigenvalue weighted by Gasteiger charge is 2.24. The van der Waals surface area contributed by atoms with Crippen molar-refractivity contribution in [3.8, 4) is 0 Å². The van der Waals surface area contributed by atoms with Crippen molar-refractivity contribution in [3.05, 3.63) is 35.4 Å². The van der Waals surface area contributed by atoms with Crippen LogP contribution in [0.1, 0.15) is 35.2 Å². The third-order valence-corrected chi connectivity index (χ3v) is 4.25. The molecule has 0 unspecified atom stereocenters. The van der Waals surface area contributed by atoms with Gasteiger partial charge in [-0.25, -0.2) is 4.79 Å². The SMILES string of the molecule is CNC(=O)CC1CCN(C(=O)Cc2cccc(C(=O)O)c2)CC1. The molecule has 2 rings (SSSR count). The van der Waals surface area contributed by atoms with Crippen molar-refractivity contribution in [1.82, 2.24) is 10.2 Å². The van der Waals surface area contributed by atoms with E-state index in [0.29, 0.717) is 31.0 Å². The van der Waals surface area contributed by atoms with Gasteiger partial charge in [0.1, 0.15) is 0 Å². The molecule has 1 fully saturated rings. The number of carbonyl (C=O) groups is 3. The standard InChI is InChI=1S/C17H22N2O4/c1-18-15(20)10-12-5-7-19(8-6-12)16(21)11-13-3-2-4-14(9-13)17(22)23/h2-4,9,12H,5-8,10-11H2,1H3,(H,18,20)(H,22,23). The van der Waals surface area contributed by atoms with E-state index in [1.807, 2.05) is 0 Å². The van der Waals surface area contributed by atoms with Crippen LogP contribution in [0.25, 0.3) is 0 Å². The van der Waals surface area contributed by atoms with Crippen LogP contribution in [-0.2, 0) is 16.0 Å². The number of nitrogens with one attached hydrogen (secondary N) is 1. The fourth-order valence-electron chi connectivity index (χ4n) is 2.85. The van der Waals surface area contributed by atoms with E-state index in [2.05, 4.69) is 5.32 Å². The van der Waals surface area contributed by atoms with Gasteiger partial charge in [0.2, 0.25) is 11.8 Å². The number of aromatic carboxylic acids is 1. The summed E-state index contributed by atoms with van der Waals surface area (Å²) >= 11 is 0. The summed E-state index contributed by atoms with van der Waals surface area (Å²) in [5.74, 6) is -0.616. The van der Waals surface area contributed by atoms with Crippen LogP contribution in [0.15, 0.2) is 24.3 Å². The summed E-state index contributed by atoms with van der Waals surface area (Å²) in [6.07, 6.45) is 2.38. The van der Waals surface area contributed by atoms with Crippen LogP contribution in [0.4, 0.5) is 0 Å². The van der Waals surface area contributed by atoms with Crippen molar-refractivity contribution < 1.29 is 19.5 Å². The van der Waals surface area contributed by atoms with Gasteiger partial charge in [0.15, 0.2) is 0 Å². The monoisotopic (exact) mass is 318 g/mol. The molecule has 1 aliphatic heterocycles. The lowest BCUT2D eigenvalue weighted by molar-refractivity contribution is -0.132. The summed E-state index contributed by atoms with van der Waals surface area (Å²) in [5.41, 5.74) is 0.905. The van der Waals surface area contributed by atoms with Crippen LogP contribution in [0.2, 0.25) is 0 Å². The summed E-state index contributed by atoms with van der Waals surface area (Å²) in [6, 6.07) is 6.48. The Morgan fingerprint density at radius 2 is 1.96 bits per heavy atom. The molecule has 1 aromatic carbocycles. The van der Waals surface area contributed by atoms with Gasteiger partial charge >= 0.3 is 5.97 Å². The number of amides is 2. The maximum atomic E-state index is 12.3. The molecule has 6 heteroatoms. The summed E-state index contributed by atoms with van der Waals surface area (Å²) in [6.45, 7) is 1.30. The van der Waals surface area contributed by atoms with E-state index in [0.717, 1.165) is 12.8 Å². The third-order valence-electron chi connectivity index (χ3n) is 4.25. The van der Waals surface area contributed by atoms with E-state index in [4.69, 9.17) is 5.11 Å². The minimum Gasteiger partial charge on any atom is -0.478 e. The van der Waals surface area contributed by atoms with Crippen LogP contribution < -0.4 is 5.32 Å². The van der Waals surface area contributed by atoms with Gasteiger partial charge in [0.25, 0.3) is 0 Å². The van der Waals surface area contributed by atoms with Crippen molar-refractivity contribution in [1.29, 1.82) is 0 Å². The zero-order valence-corrected chi connectivity index (χ0v) is 13.2. The largest absolute Gasteiger partial charge is 0.478 e. The van der Waals surface area contributed by atoms with Crippen molar-refractivity contribution in [3.63, 3.8) is 0 Å². The molecule has 2 amide bonds. The van der Waals surface area contributed by atoms with Crippen molar-refractivity contribution in [2.45, 2.75) is 25.7 Å². The van der Waals surface area contributed by atoms with Crippen molar-refractivity contribution in [2.75, 3.05) is 20.1 Å². The third kappa shape index (κ3) is 4.81. The molecule has 0 spiro atoms. The molecule has 1 heterocycles. The minimum absolute atomic E-state index is 0.00549. The van der Waals surface area contributed by atoms with Crippen LogP contribution in [0.3, 0.4) is 0 Å². The van der Waals surface area contributed by atoms with Crippen molar-refractivity contribution in [2.24, 2.45) is 5.92 Å². The fraction of sp³-hybridized carbons (Fsp3) is 0.471. The Kier molecular flexibility index (Phi) is 5.73. The second-order valence-corrected chi connectivity index (χ2v) is 5.88. The highest BCUT2D eigenvalue weighted by molar-refractivity contribution is 5.88. The normalized spacial score (nSPS) is 15.3. The van der Waals surface area contributed by atoms with Gasteiger partial charge in [0, 0.05) is 26.6 Å². The predicted octanol–water partition coefficient (Wildman–Crippen LogP) is 1.30. The van der Waals surface area contributed by atoms with E-state index < -0.39 is 5.97 Å². The van der Waals surface area contributed by atoms with Gasteiger partial charge in [-0.15, -0.1) is 0 Å². The lowest BCUT2D eigenvalue weighted by atomic mass is 9.93. The molecule has 2 N–H and O–H groups in total. The van der Waals surface area contributed by atoms with E-state index in [1.54, 1.807) is 30.1 Å². The molecule has 0 bridgehead atoms. The number of likely N-dealkylation sites (tertiary alicyclic amines) is 1. The Bertz CT molecular complexity index is 592. The van der Waals surface area contributed by atoms with E-state index in [9.17, 15) is 14.4 Å². The highest BCUT2D eigenvalue weighted by Crippen LogP contribution is 2.21. The molecule has 124 valence electrons. The highest BCUT2D eigenvalue weighted by atomic mass is 16.4. The number of nitrogens with zero attached hydrogens (tertiary/aromatic N) is 1. The Morgan fingerprint density at radius 1 is 1.26 bits per heavy atom. The van der Waals surface area contributed by atoms with Crippen LogP contribution in [0, 0.1) is 5.92 Å². The topological polar surface area (TPSA) is 86.7 Å². The van der Waals surface area contributed by atoms with Gasteiger partial charge in [-0.3, -0.25) is 9.59 Å². The van der Waals surface area contributed by atoms with Crippen molar-refractivity contribution >= 4 is 17.8 Å². The number of benzene rings is 1. The molecule has 6 nitrogen and oxygen atoms in total. The number of rotatable bonds is 5. The molecule has 0 aliphatic carbocycles. The maximum Gasteiger partial charge on any atom is 0.335 e. The quantitative estimate of drug-likeness (QED) is 0.857. The zero-order valence-electron chi connectivity index (χ0n) is 13.2. The first-order valence-corrected chi connectivity index (χ1v) is 7.80. The Morgan fingerprint density at radius 3 is 2.57 bits per heavy atom. The summed E-state index contributed by atoms with van der Waals surface area (Å²) in [5, 5.41) is 11.6. The molecule has 1 aromatic rings. The lowest BCUT2D eigenvalue weighted by Gasteiger charge is -2.31. The molecule has 1 saturated heterocycles. The number of carboxylic acid groups (broad SMARTS) is 1.